The van der Waals surface area contributed by atoms with Gasteiger partial charge >= 0.3 is 0 Å². The molecule has 0 saturated carbocycles. The van der Waals surface area contributed by atoms with Gasteiger partial charge in [0.25, 0.3) is 5.91 Å². The van der Waals surface area contributed by atoms with Crippen LogP contribution in [-0.2, 0) is 9.53 Å². The third kappa shape index (κ3) is 4.70. The van der Waals surface area contributed by atoms with Crippen LogP contribution >= 0.6 is 0 Å². The fourth-order valence-corrected chi connectivity index (χ4v) is 1.81. The molecule has 5 heteroatoms. The number of nitrogens with zero attached hydrogens (tertiary/aromatic N) is 1. The number of hydrogen-bond acceptors (Lipinski definition) is 4. The highest BCUT2D eigenvalue weighted by molar-refractivity contribution is 5.97. The normalized spacial score (nSPS) is 13.6. The summed E-state index contributed by atoms with van der Waals surface area (Å²) >= 11 is 0. The van der Waals surface area contributed by atoms with Gasteiger partial charge in [0.1, 0.15) is 5.60 Å². The van der Waals surface area contributed by atoms with Gasteiger partial charge in [-0.3, -0.25) is 4.79 Å². The number of pyridine rings is 1. The highest BCUT2D eigenvalue weighted by atomic mass is 16.5. The van der Waals surface area contributed by atoms with E-state index in [1.54, 1.807) is 12.1 Å². The third-order valence-corrected chi connectivity index (χ3v) is 3.38. The number of amides is 1. The molecule has 1 heterocycles. The number of ether oxygens (including phenoxy) is 2. The number of rotatable bonds is 8. The summed E-state index contributed by atoms with van der Waals surface area (Å²) in [6.45, 7) is 10.7. The number of carbonyl (C=O) groups is 1. The summed E-state index contributed by atoms with van der Waals surface area (Å²) in [5, 5.41) is 2.90. The molecular formula is C16H26N2O3. The van der Waals surface area contributed by atoms with Crippen LogP contribution in [-0.4, -0.2) is 29.7 Å². The second kappa shape index (κ2) is 7.98. The summed E-state index contributed by atoms with van der Waals surface area (Å²) in [5.41, 5.74) is 0.590. The van der Waals surface area contributed by atoms with Crippen LogP contribution in [0.3, 0.4) is 0 Å². The minimum Gasteiger partial charge on any atom is -0.478 e. The van der Waals surface area contributed by atoms with E-state index in [-0.39, 0.29) is 5.91 Å². The fourth-order valence-electron chi connectivity index (χ4n) is 1.81. The summed E-state index contributed by atoms with van der Waals surface area (Å²) in [7, 11) is 0. The lowest BCUT2D eigenvalue weighted by molar-refractivity contribution is -0.139. The number of hydrogen-bond donors (Lipinski definition) is 1. The number of aromatic nitrogens is 1. The van der Waals surface area contributed by atoms with Crippen molar-refractivity contribution in [3.63, 3.8) is 0 Å². The zero-order valence-electron chi connectivity index (χ0n) is 13.7. The third-order valence-electron chi connectivity index (χ3n) is 3.38. The Labute approximate surface area is 127 Å². The molecule has 1 atom stereocenters. The van der Waals surface area contributed by atoms with E-state index in [9.17, 15) is 4.79 Å². The Morgan fingerprint density at radius 2 is 2.05 bits per heavy atom. The summed E-state index contributed by atoms with van der Waals surface area (Å²) < 4.78 is 11.0. The lowest BCUT2D eigenvalue weighted by Gasteiger charge is -2.27. The van der Waals surface area contributed by atoms with Gasteiger partial charge in [0.2, 0.25) is 5.88 Å². The quantitative estimate of drug-likeness (QED) is 0.799. The van der Waals surface area contributed by atoms with Crippen molar-refractivity contribution in [2.24, 2.45) is 0 Å². The van der Waals surface area contributed by atoms with E-state index in [2.05, 4.69) is 10.3 Å². The topological polar surface area (TPSA) is 60.5 Å². The molecule has 0 aromatic carbocycles. The summed E-state index contributed by atoms with van der Waals surface area (Å²) in [6, 6.07) is 3.56. The Morgan fingerprint density at radius 3 is 2.57 bits per heavy atom. The maximum atomic E-state index is 12.4. The van der Waals surface area contributed by atoms with Crippen LogP contribution in [0, 0.1) is 6.92 Å². The molecule has 0 fully saturated rings. The first-order valence-electron chi connectivity index (χ1n) is 7.52. The van der Waals surface area contributed by atoms with Gasteiger partial charge in [0.05, 0.1) is 18.0 Å². The Morgan fingerprint density at radius 1 is 1.33 bits per heavy atom. The van der Waals surface area contributed by atoms with Crippen LogP contribution in [0.1, 0.15) is 46.2 Å². The lowest BCUT2D eigenvalue weighted by atomic mass is 10.0. The van der Waals surface area contributed by atoms with E-state index in [0.717, 1.165) is 12.1 Å². The van der Waals surface area contributed by atoms with Crippen LogP contribution in [0.15, 0.2) is 12.1 Å². The number of anilines is 1. The molecule has 1 rings (SSSR count). The molecule has 1 aromatic rings. The average Bonchev–Trinajstić information content (AvgIpc) is 2.47. The van der Waals surface area contributed by atoms with Crippen LogP contribution < -0.4 is 10.1 Å². The standard InChI is InChI=1S/C16H26N2O3/c1-6-11-21-16(5,7-2)15(19)18-13-9-10-14(20-8-3)17-12(13)4/h9-10H,6-8,11H2,1-5H3,(H,18,19)/t16-/m1/s1. The van der Waals surface area contributed by atoms with Gasteiger partial charge in [-0.1, -0.05) is 13.8 Å². The molecule has 1 N–H and O–H groups in total. The van der Waals surface area contributed by atoms with Gasteiger partial charge in [0.15, 0.2) is 0 Å². The molecule has 0 aliphatic carbocycles. The van der Waals surface area contributed by atoms with Gasteiger partial charge in [0, 0.05) is 12.7 Å². The van der Waals surface area contributed by atoms with Crippen molar-refractivity contribution < 1.29 is 14.3 Å². The number of aryl methyl sites for hydroxylation is 1. The maximum absolute atomic E-state index is 12.4. The van der Waals surface area contributed by atoms with Gasteiger partial charge in [-0.2, -0.15) is 0 Å². The zero-order valence-corrected chi connectivity index (χ0v) is 13.7. The minimum atomic E-state index is -0.818. The molecule has 118 valence electrons. The van der Waals surface area contributed by atoms with E-state index in [1.165, 1.54) is 0 Å². The summed E-state index contributed by atoms with van der Waals surface area (Å²) in [5.74, 6) is 0.418. The molecule has 0 bridgehead atoms. The smallest absolute Gasteiger partial charge is 0.256 e. The van der Waals surface area contributed by atoms with Crippen molar-refractivity contribution in [2.75, 3.05) is 18.5 Å². The van der Waals surface area contributed by atoms with Crippen molar-refractivity contribution >= 4 is 11.6 Å². The molecule has 5 nitrogen and oxygen atoms in total. The molecule has 0 spiro atoms. The van der Waals surface area contributed by atoms with E-state index >= 15 is 0 Å². The molecule has 0 radical (unpaired) electrons. The van der Waals surface area contributed by atoms with Crippen LogP contribution in [0.2, 0.25) is 0 Å². The predicted octanol–water partition coefficient (Wildman–Crippen LogP) is 3.32. The van der Waals surface area contributed by atoms with Crippen LogP contribution in [0.5, 0.6) is 5.88 Å². The molecule has 0 aliphatic rings. The SMILES string of the molecule is CCCO[C@](C)(CC)C(=O)Nc1ccc(OCC)nc1C. The largest absolute Gasteiger partial charge is 0.478 e. The fraction of sp³-hybridized carbons (Fsp3) is 0.625. The highest BCUT2D eigenvalue weighted by Crippen LogP contribution is 2.22. The summed E-state index contributed by atoms with van der Waals surface area (Å²) in [6.07, 6.45) is 1.49. The lowest BCUT2D eigenvalue weighted by Crippen LogP contribution is -2.42. The Balaban J connectivity index is 2.81. The van der Waals surface area contributed by atoms with E-state index in [0.29, 0.717) is 31.2 Å². The zero-order chi connectivity index (χ0) is 15.9. The molecule has 0 unspecified atom stereocenters. The molecule has 21 heavy (non-hydrogen) atoms. The minimum absolute atomic E-state index is 0.146. The van der Waals surface area contributed by atoms with E-state index < -0.39 is 5.60 Å². The van der Waals surface area contributed by atoms with Gasteiger partial charge in [-0.15, -0.1) is 0 Å². The van der Waals surface area contributed by atoms with Crippen molar-refractivity contribution in [3.05, 3.63) is 17.8 Å². The van der Waals surface area contributed by atoms with E-state index in [4.69, 9.17) is 9.47 Å². The second-order valence-corrected chi connectivity index (χ2v) is 5.10. The number of nitrogens with one attached hydrogen (secondary N) is 1. The average molecular weight is 294 g/mol. The number of carbonyl (C=O) groups excluding carboxylic acids is 1. The second-order valence-electron chi connectivity index (χ2n) is 5.10. The first-order valence-corrected chi connectivity index (χ1v) is 7.52. The van der Waals surface area contributed by atoms with Crippen LogP contribution in [0.25, 0.3) is 0 Å². The molecule has 1 aromatic heterocycles. The Bertz CT molecular complexity index is 477. The molecular weight excluding hydrogens is 268 g/mol. The summed E-state index contributed by atoms with van der Waals surface area (Å²) in [4.78, 5) is 16.7. The Kier molecular flexibility index (Phi) is 6.62. The van der Waals surface area contributed by atoms with Gasteiger partial charge in [-0.25, -0.2) is 4.98 Å². The monoisotopic (exact) mass is 294 g/mol. The van der Waals surface area contributed by atoms with Crippen molar-refractivity contribution in [3.8, 4) is 5.88 Å². The first-order chi connectivity index (χ1) is 9.96. The predicted molar refractivity (Wildman–Crippen MR) is 83.7 cm³/mol. The van der Waals surface area contributed by atoms with Crippen molar-refractivity contribution in [1.82, 2.24) is 4.98 Å². The van der Waals surface area contributed by atoms with Gasteiger partial charge < -0.3 is 14.8 Å². The first kappa shape index (κ1) is 17.4. The van der Waals surface area contributed by atoms with E-state index in [1.807, 2.05) is 34.6 Å². The molecule has 1 amide bonds. The van der Waals surface area contributed by atoms with Crippen molar-refractivity contribution in [2.45, 2.75) is 53.1 Å². The Hall–Kier alpha value is -1.62. The van der Waals surface area contributed by atoms with Crippen LogP contribution in [0.4, 0.5) is 5.69 Å². The maximum Gasteiger partial charge on any atom is 0.256 e. The van der Waals surface area contributed by atoms with Crippen molar-refractivity contribution in [1.29, 1.82) is 0 Å². The molecule has 0 saturated heterocycles. The highest BCUT2D eigenvalue weighted by Gasteiger charge is 2.32. The van der Waals surface area contributed by atoms with Gasteiger partial charge in [-0.05, 0) is 39.7 Å². The molecule has 0 aliphatic heterocycles.